The van der Waals surface area contributed by atoms with Crippen LogP contribution in [0.1, 0.15) is 85.5 Å². The summed E-state index contributed by atoms with van der Waals surface area (Å²) in [5.74, 6) is -3.10. The first-order chi connectivity index (χ1) is 13.6. The molecule has 0 amide bonds. The number of carbonyl (C=O) groups excluding carboxylic acids is 2. The Kier molecular flexibility index (Phi) is 11.1. The first-order valence-corrected chi connectivity index (χ1v) is 11.3. The Morgan fingerprint density at radius 2 is 1.79 bits per heavy atom. The second kappa shape index (κ2) is 12.4. The molecule has 1 aliphatic carbocycles. The third-order valence-electron chi connectivity index (χ3n) is 6.65. The van der Waals surface area contributed by atoms with Crippen LogP contribution in [0.3, 0.4) is 0 Å². The summed E-state index contributed by atoms with van der Waals surface area (Å²) in [4.78, 5) is 23.2. The van der Waals surface area contributed by atoms with Gasteiger partial charge in [0.05, 0.1) is 7.11 Å². The SMILES string of the molecule is CC[C@H](C)CC(F)(F)C(=O)/C=C/[C@@H]1[C@@H](CCCCCCC(=O)OC)[C@@H](C)C[C@H]1C. The first kappa shape index (κ1) is 25.8. The molecule has 5 atom stereocenters. The molecular formula is C24H40F2O3. The van der Waals surface area contributed by atoms with Crippen LogP contribution in [0.15, 0.2) is 12.2 Å². The molecule has 1 fully saturated rings. The molecule has 0 bridgehead atoms. The van der Waals surface area contributed by atoms with E-state index in [0.717, 1.165) is 44.6 Å². The monoisotopic (exact) mass is 414 g/mol. The van der Waals surface area contributed by atoms with Crippen molar-refractivity contribution in [1.29, 1.82) is 0 Å². The first-order valence-electron chi connectivity index (χ1n) is 11.3. The fraction of sp³-hybridized carbons (Fsp3) is 0.833. The number of halogens is 2. The molecule has 0 aromatic rings. The van der Waals surface area contributed by atoms with E-state index in [1.54, 1.807) is 13.0 Å². The van der Waals surface area contributed by atoms with E-state index in [2.05, 4.69) is 18.6 Å². The molecule has 0 N–H and O–H groups in total. The van der Waals surface area contributed by atoms with Crippen molar-refractivity contribution in [2.75, 3.05) is 7.11 Å². The van der Waals surface area contributed by atoms with Gasteiger partial charge in [-0.05, 0) is 54.9 Å². The van der Waals surface area contributed by atoms with Gasteiger partial charge in [0.25, 0.3) is 0 Å². The van der Waals surface area contributed by atoms with Crippen molar-refractivity contribution < 1.29 is 23.1 Å². The van der Waals surface area contributed by atoms with Gasteiger partial charge in [0, 0.05) is 12.8 Å². The van der Waals surface area contributed by atoms with Crippen LogP contribution in [0.4, 0.5) is 8.78 Å². The van der Waals surface area contributed by atoms with Gasteiger partial charge >= 0.3 is 11.9 Å². The van der Waals surface area contributed by atoms with E-state index in [9.17, 15) is 18.4 Å². The molecule has 0 unspecified atom stereocenters. The van der Waals surface area contributed by atoms with Crippen LogP contribution >= 0.6 is 0 Å². The minimum atomic E-state index is -3.27. The maximum Gasteiger partial charge on any atom is 0.309 e. The van der Waals surface area contributed by atoms with Crippen molar-refractivity contribution in [1.82, 2.24) is 0 Å². The van der Waals surface area contributed by atoms with Crippen molar-refractivity contribution in [3.05, 3.63) is 12.2 Å². The molecule has 1 rings (SSSR count). The molecule has 1 aliphatic rings. The van der Waals surface area contributed by atoms with Crippen molar-refractivity contribution in [3.63, 3.8) is 0 Å². The zero-order valence-corrected chi connectivity index (χ0v) is 18.9. The van der Waals surface area contributed by atoms with Crippen molar-refractivity contribution in [2.24, 2.45) is 29.6 Å². The molecule has 3 nitrogen and oxygen atoms in total. The van der Waals surface area contributed by atoms with Gasteiger partial charge in [-0.2, -0.15) is 8.78 Å². The number of unbranched alkanes of at least 4 members (excludes halogenated alkanes) is 3. The average Bonchev–Trinajstić information content (AvgIpc) is 2.94. The molecule has 0 radical (unpaired) electrons. The summed E-state index contributed by atoms with van der Waals surface area (Å²) in [5, 5.41) is 0. The maximum absolute atomic E-state index is 14.2. The highest BCUT2D eigenvalue weighted by Gasteiger charge is 2.40. The number of ether oxygens (including phenoxy) is 1. The summed E-state index contributed by atoms with van der Waals surface area (Å²) in [6, 6.07) is 0. The quantitative estimate of drug-likeness (QED) is 0.194. The van der Waals surface area contributed by atoms with Gasteiger partial charge in [0.15, 0.2) is 0 Å². The van der Waals surface area contributed by atoms with Crippen molar-refractivity contribution in [3.8, 4) is 0 Å². The van der Waals surface area contributed by atoms with E-state index >= 15 is 0 Å². The zero-order chi connectivity index (χ0) is 22.0. The number of alkyl halides is 2. The van der Waals surface area contributed by atoms with E-state index in [0.29, 0.717) is 30.6 Å². The Hall–Kier alpha value is -1.26. The van der Waals surface area contributed by atoms with E-state index in [-0.39, 0.29) is 24.2 Å². The average molecular weight is 415 g/mol. The Balaban J connectivity index is 2.56. The van der Waals surface area contributed by atoms with Gasteiger partial charge in [-0.3, -0.25) is 9.59 Å². The molecule has 0 saturated heterocycles. The molecule has 29 heavy (non-hydrogen) atoms. The minimum absolute atomic E-state index is 0.164. The van der Waals surface area contributed by atoms with E-state index in [1.165, 1.54) is 7.11 Å². The lowest BCUT2D eigenvalue weighted by atomic mass is 9.83. The summed E-state index contributed by atoms with van der Waals surface area (Å²) in [6.45, 7) is 8.00. The Morgan fingerprint density at radius 1 is 1.14 bits per heavy atom. The molecule has 168 valence electrons. The van der Waals surface area contributed by atoms with Gasteiger partial charge in [-0.1, -0.05) is 59.5 Å². The predicted molar refractivity (Wildman–Crippen MR) is 113 cm³/mol. The van der Waals surface area contributed by atoms with Gasteiger partial charge in [0.1, 0.15) is 0 Å². The van der Waals surface area contributed by atoms with Crippen LogP contribution in [0.5, 0.6) is 0 Å². The number of hydrogen-bond donors (Lipinski definition) is 0. The predicted octanol–water partition coefficient (Wildman–Crippen LogP) is 6.61. The van der Waals surface area contributed by atoms with Crippen LogP contribution in [0.2, 0.25) is 0 Å². The summed E-state index contributed by atoms with van der Waals surface area (Å²) in [6.07, 6.45) is 9.71. The second-order valence-electron chi connectivity index (χ2n) is 9.11. The lowest BCUT2D eigenvalue weighted by Gasteiger charge is -2.22. The topological polar surface area (TPSA) is 43.4 Å². The Morgan fingerprint density at radius 3 is 2.41 bits per heavy atom. The lowest BCUT2D eigenvalue weighted by Crippen LogP contribution is -2.29. The number of esters is 1. The van der Waals surface area contributed by atoms with Crippen molar-refractivity contribution >= 4 is 11.8 Å². The Labute approximate surface area is 175 Å². The number of rotatable bonds is 13. The largest absolute Gasteiger partial charge is 0.469 e. The van der Waals surface area contributed by atoms with Gasteiger partial charge in [-0.25, -0.2) is 0 Å². The van der Waals surface area contributed by atoms with Crippen LogP contribution < -0.4 is 0 Å². The summed E-state index contributed by atoms with van der Waals surface area (Å²) < 4.78 is 33.0. The summed E-state index contributed by atoms with van der Waals surface area (Å²) in [7, 11) is 1.41. The fourth-order valence-electron chi connectivity index (χ4n) is 4.64. The molecule has 0 heterocycles. The molecule has 0 aliphatic heterocycles. The van der Waals surface area contributed by atoms with Gasteiger partial charge in [-0.15, -0.1) is 0 Å². The number of methoxy groups -OCH3 is 1. The Bertz CT molecular complexity index is 544. The normalized spacial score (nSPS) is 26.0. The molecule has 1 saturated carbocycles. The third-order valence-corrected chi connectivity index (χ3v) is 6.65. The maximum atomic E-state index is 14.2. The molecule has 5 heteroatoms. The summed E-state index contributed by atoms with van der Waals surface area (Å²) >= 11 is 0. The van der Waals surface area contributed by atoms with Gasteiger partial charge < -0.3 is 4.74 Å². The van der Waals surface area contributed by atoms with Crippen LogP contribution in [-0.4, -0.2) is 24.8 Å². The van der Waals surface area contributed by atoms with Crippen LogP contribution in [-0.2, 0) is 14.3 Å². The highest BCUT2D eigenvalue weighted by Crippen LogP contribution is 2.44. The molecular weight excluding hydrogens is 374 g/mol. The second-order valence-corrected chi connectivity index (χ2v) is 9.11. The van der Waals surface area contributed by atoms with Gasteiger partial charge in [0.2, 0.25) is 5.78 Å². The smallest absolute Gasteiger partial charge is 0.309 e. The number of carbonyl (C=O) groups is 2. The summed E-state index contributed by atoms with van der Waals surface area (Å²) in [5.41, 5.74) is 0. The highest BCUT2D eigenvalue weighted by molar-refractivity contribution is 5.95. The molecule has 0 spiro atoms. The zero-order valence-electron chi connectivity index (χ0n) is 18.9. The lowest BCUT2D eigenvalue weighted by molar-refractivity contribution is -0.141. The third kappa shape index (κ3) is 8.55. The van der Waals surface area contributed by atoms with E-state index in [1.807, 2.05) is 6.92 Å². The highest BCUT2D eigenvalue weighted by atomic mass is 19.3. The number of ketones is 1. The van der Waals surface area contributed by atoms with Crippen LogP contribution in [0.25, 0.3) is 0 Å². The minimum Gasteiger partial charge on any atom is -0.469 e. The number of hydrogen-bond acceptors (Lipinski definition) is 3. The van der Waals surface area contributed by atoms with E-state index in [4.69, 9.17) is 0 Å². The number of allylic oxidation sites excluding steroid dienone is 2. The van der Waals surface area contributed by atoms with E-state index < -0.39 is 11.7 Å². The standard InChI is InChI=1S/C24H40F2O3/c1-6-17(2)16-24(25,26)22(27)14-13-21-19(4)15-18(3)20(21)11-9-7-8-10-12-23(28)29-5/h13-14,17-21H,6-12,15-16H2,1-5H3/b14-13+/t17-,18-,19+,20-,21-/m0/s1. The molecule has 0 aromatic carbocycles. The van der Waals surface area contributed by atoms with Crippen molar-refractivity contribution in [2.45, 2.75) is 91.4 Å². The molecule has 0 aromatic heterocycles. The fourth-order valence-corrected chi connectivity index (χ4v) is 4.64. The van der Waals surface area contributed by atoms with Crippen LogP contribution in [0, 0.1) is 29.6 Å².